The highest BCUT2D eigenvalue weighted by atomic mass is 35.5. The third-order valence-electron chi connectivity index (χ3n) is 4.84. The first-order valence-electron chi connectivity index (χ1n) is 8.63. The van der Waals surface area contributed by atoms with Gasteiger partial charge in [0.2, 0.25) is 10.0 Å². The molecule has 0 unspecified atom stereocenters. The Morgan fingerprint density at radius 3 is 2.81 bits per heavy atom. The number of rotatable bonds is 3. The van der Waals surface area contributed by atoms with E-state index in [9.17, 15) is 13.2 Å². The van der Waals surface area contributed by atoms with Crippen LogP contribution >= 0.6 is 11.6 Å². The van der Waals surface area contributed by atoms with Crippen molar-refractivity contribution in [1.82, 2.24) is 10.2 Å². The number of hydrogen-bond acceptors (Lipinski definition) is 4. The maximum atomic E-state index is 12.6. The summed E-state index contributed by atoms with van der Waals surface area (Å²) in [5.41, 5.74) is 3.30. The number of hydrogen-bond donors (Lipinski definition) is 2. The monoisotopic (exact) mass is 394 g/mol. The van der Waals surface area contributed by atoms with Crippen molar-refractivity contribution in [2.75, 3.05) is 21.9 Å². The number of nitrogens with zero attached hydrogens (tertiary/aromatic N) is 2. The van der Waals surface area contributed by atoms with Crippen LogP contribution in [0.4, 0.5) is 11.4 Å². The second-order valence-corrected chi connectivity index (χ2v) is 9.02. The molecule has 1 saturated heterocycles. The Morgan fingerprint density at radius 1 is 1.23 bits per heavy atom. The third-order valence-corrected chi connectivity index (χ3v) is 7.02. The lowest BCUT2D eigenvalue weighted by molar-refractivity contribution is 0.102. The Hall–Kier alpha value is -2.06. The number of aryl methyl sites for hydroxylation is 1. The highest BCUT2D eigenvalue weighted by Gasteiger charge is 2.30. The van der Waals surface area contributed by atoms with Crippen LogP contribution in [0, 0.1) is 0 Å². The topological polar surface area (TPSA) is 95.2 Å². The number of carbonyl (C=O) groups is 1. The number of fused-ring (bicyclic) bond motifs is 1. The molecule has 1 aromatic heterocycles. The van der Waals surface area contributed by atoms with E-state index in [1.807, 2.05) is 0 Å². The van der Waals surface area contributed by atoms with E-state index in [0.717, 1.165) is 36.9 Å². The molecule has 0 bridgehead atoms. The molecule has 2 aliphatic rings. The lowest BCUT2D eigenvalue weighted by Gasteiger charge is -2.19. The van der Waals surface area contributed by atoms with Gasteiger partial charge >= 0.3 is 0 Å². The first kappa shape index (κ1) is 17.4. The van der Waals surface area contributed by atoms with Crippen molar-refractivity contribution in [3.05, 3.63) is 40.2 Å². The van der Waals surface area contributed by atoms with Gasteiger partial charge in [-0.2, -0.15) is 5.10 Å². The minimum Gasteiger partial charge on any atom is -0.321 e. The Morgan fingerprint density at radius 2 is 2.04 bits per heavy atom. The van der Waals surface area contributed by atoms with Gasteiger partial charge in [-0.25, -0.2) is 8.42 Å². The van der Waals surface area contributed by atoms with Crippen LogP contribution in [-0.4, -0.2) is 36.8 Å². The normalized spacial score (nSPS) is 18.6. The van der Waals surface area contributed by atoms with Gasteiger partial charge in [-0.1, -0.05) is 11.6 Å². The summed E-state index contributed by atoms with van der Waals surface area (Å²) in [6, 6.07) is 4.86. The zero-order chi connectivity index (χ0) is 18.3. The van der Waals surface area contributed by atoms with Crippen LogP contribution in [-0.2, 0) is 22.9 Å². The van der Waals surface area contributed by atoms with Gasteiger partial charge in [0.1, 0.15) is 0 Å². The van der Waals surface area contributed by atoms with Crippen molar-refractivity contribution >= 4 is 38.9 Å². The molecule has 138 valence electrons. The number of aromatic amines is 1. The van der Waals surface area contributed by atoms with Crippen molar-refractivity contribution in [3.8, 4) is 0 Å². The number of H-pyrrole nitrogens is 1. The largest absolute Gasteiger partial charge is 0.321 e. The van der Waals surface area contributed by atoms with Crippen molar-refractivity contribution in [2.24, 2.45) is 0 Å². The zero-order valence-electron chi connectivity index (χ0n) is 14.1. The van der Waals surface area contributed by atoms with Crippen molar-refractivity contribution < 1.29 is 13.2 Å². The molecule has 1 aliphatic heterocycles. The highest BCUT2D eigenvalue weighted by molar-refractivity contribution is 7.93. The average Bonchev–Trinajstić information content (AvgIpc) is 3.19. The van der Waals surface area contributed by atoms with Gasteiger partial charge < -0.3 is 5.32 Å². The number of sulfonamides is 1. The molecule has 1 amide bonds. The summed E-state index contributed by atoms with van der Waals surface area (Å²) >= 11 is 6.20. The van der Waals surface area contributed by atoms with Gasteiger partial charge in [-0.3, -0.25) is 14.2 Å². The van der Waals surface area contributed by atoms with E-state index in [0.29, 0.717) is 35.1 Å². The second-order valence-electron chi connectivity index (χ2n) is 6.60. The lowest BCUT2D eigenvalue weighted by atomic mass is 9.96. The van der Waals surface area contributed by atoms with Crippen molar-refractivity contribution in [2.45, 2.75) is 32.1 Å². The zero-order valence-corrected chi connectivity index (χ0v) is 15.7. The van der Waals surface area contributed by atoms with Crippen LogP contribution in [0.5, 0.6) is 0 Å². The predicted octanol–water partition coefficient (Wildman–Crippen LogP) is 2.73. The molecule has 1 fully saturated rings. The summed E-state index contributed by atoms with van der Waals surface area (Å²) in [7, 11) is -3.34. The van der Waals surface area contributed by atoms with Crippen LogP contribution in [0.3, 0.4) is 0 Å². The lowest BCUT2D eigenvalue weighted by Crippen LogP contribution is -2.25. The maximum absolute atomic E-state index is 12.6. The van der Waals surface area contributed by atoms with Crippen LogP contribution in [0.15, 0.2) is 18.2 Å². The molecule has 0 spiro atoms. The quantitative estimate of drug-likeness (QED) is 0.836. The van der Waals surface area contributed by atoms with Gasteiger partial charge in [-0.15, -0.1) is 0 Å². The molecular formula is C17H19ClN4O3S. The number of amides is 1. The number of anilines is 2. The summed E-state index contributed by atoms with van der Waals surface area (Å²) in [5.74, 6) is -0.193. The SMILES string of the molecule is O=C(Nc1ccc(Cl)c(N2CCCS2(=O)=O)c1)c1n[nH]c2c1CCCC2. The summed E-state index contributed by atoms with van der Waals surface area (Å²) in [5, 5.41) is 10.3. The Kier molecular flexibility index (Phi) is 4.40. The van der Waals surface area contributed by atoms with Crippen LogP contribution in [0.25, 0.3) is 0 Å². The van der Waals surface area contributed by atoms with Crippen molar-refractivity contribution in [3.63, 3.8) is 0 Å². The van der Waals surface area contributed by atoms with E-state index in [1.165, 1.54) is 4.31 Å². The van der Waals surface area contributed by atoms with Gasteiger partial charge in [0.25, 0.3) is 5.91 Å². The number of carbonyl (C=O) groups excluding carboxylic acids is 1. The molecule has 26 heavy (non-hydrogen) atoms. The summed E-state index contributed by atoms with van der Waals surface area (Å²) in [4.78, 5) is 12.6. The first-order valence-corrected chi connectivity index (χ1v) is 10.6. The Balaban J connectivity index is 1.60. The molecular weight excluding hydrogens is 376 g/mol. The van der Waals surface area contributed by atoms with Gasteiger partial charge in [0.05, 0.1) is 16.5 Å². The molecule has 1 aromatic carbocycles. The molecule has 2 aromatic rings. The standard InChI is InChI=1S/C17H19ClN4O3S/c18-13-7-6-11(10-15(13)22-8-3-9-26(22,24)25)19-17(23)16-12-4-1-2-5-14(12)20-21-16/h6-7,10H,1-5,8-9H2,(H,19,23)(H,20,21). The fourth-order valence-electron chi connectivity index (χ4n) is 3.55. The molecule has 7 nitrogen and oxygen atoms in total. The molecule has 0 saturated carbocycles. The van der Waals surface area contributed by atoms with Crippen LogP contribution < -0.4 is 9.62 Å². The molecule has 9 heteroatoms. The van der Waals surface area contributed by atoms with E-state index in [1.54, 1.807) is 18.2 Å². The van der Waals surface area contributed by atoms with E-state index in [-0.39, 0.29) is 11.7 Å². The van der Waals surface area contributed by atoms with E-state index >= 15 is 0 Å². The smallest absolute Gasteiger partial charge is 0.276 e. The molecule has 1 aliphatic carbocycles. The Labute approximate surface area is 156 Å². The van der Waals surface area contributed by atoms with Crippen LogP contribution in [0.1, 0.15) is 41.0 Å². The molecule has 0 radical (unpaired) electrons. The number of nitrogens with one attached hydrogen (secondary N) is 2. The minimum atomic E-state index is -3.34. The fourth-order valence-corrected chi connectivity index (χ4v) is 5.39. The maximum Gasteiger partial charge on any atom is 0.276 e. The average molecular weight is 395 g/mol. The van der Waals surface area contributed by atoms with E-state index in [2.05, 4.69) is 15.5 Å². The minimum absolute atomic E-state index is 0.110. The molecule has 0 atom stereocenters. The molecule has 2 N–H and O–H groups in total. The first-order chi connectivity index (χ1) is 12.5. The second kappa shape index (κ2) is 6.59. The van der Waals surface area contributed by atoms with Gasteiger partial charge in [-0.05, 0) is 50.3 Å². The van der Waals surface area contributed by atoms with Crippen molar-refractivity contribution in [1.29, 1.82) is 0 Å². The Bertz CT molecular complexity index is 970. The fraction of sp³-hybridized carbons (Fsp3) is 0.412. The highest BCUT2D eigenvalue weighted by Crippen LogP contribution is 2.33. The predicted molar refractivity (Wildman–Crippen MR) is 100 cm³/mol. The van der Waals surface area contributed by atoms with Gasteiger partial charge in [0.15, 0.2) is 5.69 Å². The third kappa shape index (κ3) is 3.07. The summed E-state index contributed by atoms with van der Waals surface area (Å²) in [6.07, 6.45) is 4.46. The number of benzene rings is 1. The molecule has 2 heterocycles. The number of halogens is 1. The molecule has 4 rings (SSSR count). The number of aromatic nitrogens is 2. The van der Waals surface area contributed by atoms with Crippen LogP contribution in [0.2, 0.25) is 5.02 Å². The van der Waals surface area contributed by atoms with E-state index in [4.69, 9.17) is 11.6 Å². The summed E-state index contributed by atoms with van der Waals surface area (Å²) < 4.78 is 25.6. The summed E-state index contributed by atoms with van der Waals surface area (Å²) in [6.45, 7) is 0.395. The van der Waals surface area contributed by atoms with Gasteiger partial charge in [0, 0.05) is 23.5 Å². The van der Waals surface area contributed by atoms with E-state index < -0.39 is 10.0 Å².